The minimum Gasteiger partial charge on any atom is -0.333 e. The Labute approximate surface area is 387 Å². The summed E-state index contributed by atoms with van der Waals surface area (Å²) in [5.74, 6) is 0.297. The van der Waals surface area contributed by atoms with Crippen LogP contribution in [0.15, 0.2) is 267 Å². The molecule has 0 radical (unpaired) electrons. The molecular formula is C64H46N2. The normalized spacial score (nSPS) is 14.8. The van der Waals surface area contributed by atoms with E-state index < -0.39 is 0 Å². The van der Waals surface area contributed by atoms with Crippen LogP contribution in [0.25, 0.3) is 66.4 Å². The van der Waals surface area contributed by atoms with Crippen LogP contribution in [-0.4, -0.2) is 6.04 Å². The number of anilines is 5. The molecule has 2 atom stereocenters. The number of hydrogen-bond donors (Lipinski definition) is 0. The summed E-state index contributed by atoms with van der Waals surface area (Å²) in [6.07, 6.45) is 9.11. The lowest BCUT2D eigenvalue weighted by Gasteiger charge is -2.31. The monoisotopic (exact) mass is 842 g/mol. The largest absolute Gasteiger partial charge is 0.333 e. The third-order valence-corrected chi connectivity index (χ3v) is 13.4. The molecule has 10 aromatic rings. The molecule has 0 saturated heterocycles. The van der Waals surface area contributed by atoms with Crippen molar-refractivity contribution >= 4 is 39.2 Å². The fourth-order valence-corrected chi connectivity index (χ4v) is 10.4. The maximum absolute atomic E-state index is 2.56. The Morgan fingerprint density at radius 1 is 0.303 bits per heavy atom. The van der Waals surface area contributed by atoms with E-state index in [0.717, 1.165) is 22.6 Å². The zero-order valence-electron chi connectivity index (χ0n) is 36.5. The van der Waals surface area contributed by atoms with Crippen molar-refractivity contribution in [2.75, 3.05) is 9.80 Å². The van der Waals surface area contributed by atoms with E-state index in [2.05, 4.69) is 277 Å². The van der Waals surface area contributed by atoms with Gasteiger partial charge in [-0.1, -0.05) is 218 Å². The van der Waals surface area contributed by atoms with Crippen LogP contribution in [0.4, 0.5) is 28.4 Å². The van der Waals surface area contributed by atoms with Crippen molar-refractivity contribution in [3.63, 3.8) is 0 Å². The highest BCUT2D eigenvalue weighted by Crippen LogP contribution is 2.51. The van der Waals surface area contributed by atoms with E-state index in [4.69, 9.17) is 0 Å². The van der Waals surface area contributed by atoms with Gasteiger partial charge in [0, 0.05) is 39.9 Å². The molecule has 0 saturated carbocycles. The topological polar surface area (TPSA) is 6.48 Å². The second-order valence-electron chi connectivity index (χ2n) is 17.2. The molecule has 0 spiro atoms. The molecule has 1 heterocycles. The van der Waals surface area contributed by atoms with Crippen molar-refractivity contribution in [2.24, 2.45) is 0 Å². The van der Waals surface area contributed by atoms with Gasteiger partial charge in [-0.3, -0.25) is 0 Å². The van der Waals surface area contributed by atoms with Crippen molar-refractivity contribution in [1.82, 2.24) is 0 Å². The Bertz CT molecular complexity index is 3440. The molecule has 0 aromatic heterocycles. The fraction of sp³-hybridized carbons (Fsp3) is 0.0312. The van der Waals surface area contributed by atoms with Crippen LogP contribution in [0.5, 0.6) is 0 Å². The van der Waals surface area contributed by atoms with Gasteiger partial charge in [-0.05, 0) is 115 Å². The SMILES string of the molecule is C1=CC2c3ccccc3N(c3ccccc3-c3ccc(N(c4cccc(-c5ccccc5)c4)c4cccc(-c5ccc(-c6ccccc6)c6ccccc56)c4)cc3-c3ccccc3)C2C=C1. The van der Waals surface area contributed by atoms with Crippen molar-refractivity contribution in [2.45, 2.75) is 12.0 Å². The summed E-state index contributed by atoms with van der Waals surface area (Å²) in [6.45, 7) is 0. The summed E-state index contributed by atoms with van der Waals surface area (Å²) in [7, 11) is 0. The maximum atomic E-state index is 2.56. The summed E-state index contributed by atoms with van der Waals surface area (Å²) in [5, 5.41) is 2.47. The third kappa shape index (κ3) is 7.01. The molecule has 12 rings (SSSR count). The zero-order valence-corrected chi connectivity index (χ0v) is 36.5. The van der Waals surface area contributed by atoms with Gasteiger partial charge in [0.2, 0.25) is 0 Å². The smallest absolute Gasteiger partial charge is 0.0629 e. The second kappa shape index (κ2) is 16.9. The summed E-state index contributed by atoms with van der Waals surface area (Å²) >= 11 is 0. The number of fused-ring (bicyclic) bond motifs is 4. The van der Waals surface area contributed by atoms with E-state index in [1.807, 2.05) is 0 Å². The first-order valence-corrected chi connectivity index (χ1v) is 22.9. The molecule has 2 heteroatoms. The molecule has 2 unspecified atom stereocenters. The first-order chi connectivity index (χ1) is 32.8. The van der Waals surface area contributed by atoms with Gasteiger partial charge in [-0.15, -0.1) is 0 Å². The second-order valence-corrected chi connectivity index (χ2v) is 17.2. The number of nitrogens with zero attached hydrogens (tertiary/aromatic N) is 2. The minimum absolute atomic E-state index is 0.194. The molecule has 312 valence electrons. The maximum Gasteiger partial charge on any atom is 0.0629 e. The summed E-state index contributed by atoms with van der Waals surface area (Å²) in [6, 6.07) is 88.8. The Morgan fingerprint density at radius 2 is 0.803 bits per heavy atom. The Hall–Kier alpha value is -8.46. The number of rotatable bonds is 9. The quantitative estimate of drug-likeness (QED) is 0.143. The standard InChI is InChI=1S/C64H46N2/c1-4-20-45(21-5-1)48-26-18-28-50(42-48)65(51-29-19-27-49(43-51)54-41-40-53(46-22-6-2-7-23-46)55-30-10-11-31-56(54)55)52-38-39-57(61(44-52)47-24-8-3-9-25-47)58-32-12-15-35-62(58)66-63-36-16-13-33-59(63)60-34-14-17-37-64(60)66/h1-44,59,63H. The molecule has 0 N–H and O–H groups in total. The molecule has 0 fully saturated rings. The van der Waals surface area contributed by atoms with Gasteiger partial charge in [-0.25, -0.2) is 0 Å². The summed E-state index contributed by atoms with van der Waals surface area (Å²) in [4.78, 5) is 4.99. The third-order valence-electron chi connectivity index (χ3n) is 13.4. The molecule has 1 aliphatic carbocycles. The highest BCUT2D eigenvalue weighted by molar-refractivity contribution is 6.05. The van der Waals surface area contributed by atoms with Gasteiger partial charge in [-0.2, -0.15) is 0 Å². The van der Waals surface area contributed by atoms with Crippen molar-refractivity contribution in [3.05, 3.63) is 273 Å². The molecule has 0 amide bonds. The first kappa shape index (κ1) is 39.2. The molecule has 2 aliphatic rings. The van der Waals surface area contributed by atoms with Gasteiger partial charge in [0.1, 0.15) is 0 Å². The molecule has 0 bridgehead atoms. The van der Waals surface area contributed by atoms with E-state index in [1.165, 1.54) is 77.8 Å². The number of benzene rings is 10. The Morgan fingerprint density at radius 3 is 1.52 bits per heavy atom. The Balaban J connectivity index is 1.04. The van der Waals surface area contributed by atoms with Crippen LogP contribution in [0.1, 0.15) is 11.5 Å². The predicted molar refractivity (Wildman–Crippen MR) is 279 cm³/mol. The number of para-hydroxylation sites is 2. The molecule has 10 aromatic carbocycles. The van der Waals surface area contributed by atoms with Crippen LogP contribution in [0, 0.1) is 0 Å². The van der Waals surface area contributed by atoms with Crippen molar-refractivity contribution in [1.29, 1.82) is 0 Å². The molecular weight excluding hydrogens is 797 g/mol. The van der Waals surface area contributed by atoms with E-state index in [9.17, 15) is 0 Å². The summed E-state index contributed by atoms with van der Waals surface area (Å²) in [5.41, 5.74) is 19.0. The lowest BCUT2D eigenvalue weighted by atomic mass is 9.90. The van der Waals surface area contributed by atoms with E-state index in [-0.39, 0.29) is 6.04 Å². The van der Waals surface area contributed by atoms with Gasteiger partial charge in [0.05, 0.1) is 6.04 Å². The van der Waals surface area contributed by atoms with Gasteiger partial charge < -0.3 is 9.80 Å². The van der Waals surface area contributed by atoms with E-state index >= 15 is 0 Å². The average Bonchev–Trinajstić information content (AvgIpc) is 3.73. The van der Waals surface area contributed by atoms with Crippen LogP contribution in [0.3, 0.4) is 0 Å². The molecule has 2 nitrogen and oxygen atoms in total. The number of allylic oxidation sites excluding steroid dienone is 2. The lowest BCUT2D eigenvalue weighted by molar-refractivity contribution is 0.745. The molecule has 66 heavy (non-hydrogen) atoms. The zero-order chi connectivity index (χ0) is 43.8. The first-order valence-electron chi connectivity index (χ1n) is 22.9. The average molecular weight is 843 g/mol. The highest BCUT2D eigenvalue weighted by Gasteiger charge is 2.38. The fourth-order valence-electron chi connectivity index (χ4n) is 10.4. The van der Waals surface area contributed by atoms with Crippen molar-refractivity contribution in [3.8, 4) is 55.6 Å². The minimum atomic E-state index is 0.194. The van der Waals surface area contributed by atoms with Crippen LogP contribution in [-0.2, 0) is 0 Å². The van der Waals surface area contributed by atoms with E-state index in [1.54, 1.807) is 0 Å². The van der Waals surface area contributed by atoms with Gasteiger partial charge in [0.25, 0.3) is 0 Å². The van der Waals surface area contributed by atoms with E-state index in [0.29, 0.717) is 5.92 Å². The predicted octanol–water partition coefficient (Wildman–Crippen LogP) is 17.4. The van der Waals surface area contributed by atoms with Crippen LogP contribution in [0.2, 0.25) is 0 Å². The van der Waals surface area contributed by atoms with Crippen LogP contribution >= 0.6 is 0 Å². The van der Waals surface area contributed by atoms with Gasteiger partial charge in [0.15, 0.2) is 0 Å². The lowest BCUT2D eigenvalue weighted by Crippen LogP contribution is -2.28. The van der Waals surface area contributed by atoms with Gasteiger partial charge >= 0.3 is 0 Å². The van der Waals surface area contributed by atoms with Crippen molar-refractivity contribution < 1.29 is 0 Å². The summed E-state index contributed by atoms with van der Waals surface area (Å²) < 4.78 is 0. The highest BCUT2D eigenvalue weighted by atomic mass is 15.2. The van der Waals surface area contributed by atoms with Crippen LogP contribution < -0.4 is 9.80 Å². The molecule has 1 aliphatic heterocycles. The number of hydrogen-bond acceptors (Lipinski definition) is 2. The Kier molecular flexibility index (Phi) is 10.0.